The molecule has 6 nitrogen and oxygen atoms in total. The smallest absolute Gasteiger partial charge is 0.255 e. The second-order valence-electron chi connectivity index (χ2n) is 4.94. The highest BCUT2D eigenvalue weighted by atomic mass is 35.5. The number of benzene rings is 1. The van der Waals surface area contributed by atoms with Gasteiger partial charge in [0.2, 0.25) is 0 Å². The van der Waals surface area contributed by atoms with Gasteiger partial charge in [-0.25, -0.2) is 9.97 Å². The maximum atomic E-state index is 12.5. The first-order chi connectivity index (χ1) is 11.1. The van der Waals surface area contributed by atoms with E-state index in [-0.39, 0.29) is 11.1 Å². The number of rotatable bonds is 4. The van der Waals surface area contributed by atoms with E-state index in [4.69, 9.17) is 11.6 Å². The van der Waals surface area contributed by atoms with Crippen LogP contribution in [0.4, 0.5) is 0 Å². The molecule has 1 aromatic carbocycles. The van der Waals surface area contributed by atoms with Crippen molar-refractivity contribution in [1.82, 2.24) is 25.5 Å². The van der Waals surface area contributed by atoms with Gasteiger partial charge in [-0.15, -0.1) is 0 Å². The first kappa shape index (κ1) is 15.2. The number of carbonyl (C=O) groups is 1. The lowest BCUT2D eigenvalue weighted by Crippen LogP contribution is -2.30. The highest BCUT2D eigenvalue weighted by Crippen LogP contribution is 2.20. The number of carbonyl (C=O) groups excluding carboxylic acids is 1. The molecule has 7 heteroatoms. The lowest BCUT2D eigenvalue weighted by atomic mass is 10.1. The third-order valence-electron chi connectivity index (χ3n) is 3.28. The van der Waals surface area contributed by atoms with Gasteiger partial charge in [0.1, 0.15) is 17.0 Å². The predicted octanol–water partition coefficient (Wildman–Crippen LogP) is 2.68. The van der Waals surface area contributed by atoms with Crippen molar-refractivity contribution in [3.8, 4) is 0 Å². The van der Waals surface area contributed by atoms with Gasteiger partial charge >= 0.3 is 0 Å². The maximum absolute atomic E-state index is 12.5. The molecule has 23 heavy (non-hydrogen) atoms. The van der Waals surface area contributed by atoms with E-state index in [1.165, 1.54) is 6.20 Å². The summed E-state index contributed by atoms with van der Waals surface area (Å²) in [6.07, 6.45) is 1.53. The van der Waals surface area contributed by atoms with E-state index >= 15 is 0 Å². The van der Waals surface area contributed by atoms with Crippen LogP contribution in [0.2, 0.25) is 5.15 Å². The van der Waals surface area contributed by atoms with Crippen molar-refractivity contribution in [3.63, 3.8) is 0 Å². The van der Waals surface area contributed by atoms with Crippen LogP contribution in [0.25, 0.3) is 0 Å². The van der Waals surface area contributed by atoms with Crippen LogP contribution >= 0.6 is 11.6 Å². The lowest BCUT2D eigenvalue weighted by molar-refractivity contribution is 0.0941. The fourth-order valence-corrected chi connectivity index (χ4v) is 2.40. The molecule has 1 amide bonds. The number of H-pyrrole nitrogens is 1. The summed E-state index contributed by atoms with van der Waals surface area (Å²) in [7, 11) is 0. The quantitative estimate of drug-likeness (QED) is 0.722. The summed E-state index contributed by atoms with van der Waals surface area (Å²) < 4.78 is 0. The zero-order valence-electron chi connectivity index (χ0n) is 12.3. The van der Waals surface area contributed by atoms with Crippen LogP contribution in [-0.2, 0) is 0 Å². The van der Waals surface area contributed by atoms with Crippen LogP contribution in [0.15, 0.2) is 48.7 Å². The third-order valence-corrected chi connectivity index (χ3v) is 3.59. The number of aromatic amines is 1. The molecule has 116 valence electrons. The molecular formula is C16H14ClN5O. The molecule has 0 bridgehead atoms. The highest BCUT2D eigenvalue weighted by Gasteiger charge is 2.22. The Morgan fingerprint density at radius 1 is 1.22 bits per heavy atom. The fourth-order valence-electron chi connectivity index (χ4n) is 2.20. The van der Waals surface area contributed by atoms with Gasteiger partial charge in [0, 0.05) is 6.20 Å². The lowest BCUT2D eigenvalue weighted by Gasteiger charge is -2.16. The predicted molar refractivity (Wildman–Crippen MR) is 86.1 cm³/mol. The molecule has 0 spiro atoms. The molecule has 0 radical (unpaired) electrons. The zero-order valence-corrected chi connectivity index (χ0v) is 13.1. The van der Waals surface area contributed by atoms with Crippen LogP contribution in [0, 0.1) is 6.92 Å². The van der Waals surface area contributed by atoms with E-state index in [9.17, 15) is 4.79 Å². The Morgan fingerprint density at radius 2 is 2.00 bits per heavy atom. The standard InChI is InChI=1S/C16H14ClN5O/c1-10-19-15(22-21-10)13(11-6-3-2-4-7-11)20-16(23)12-8-5-9-18-14(12)17/h2-9,13H,1H3,(H,20,23)(H,19,21,22)/t13-/m0/s1. The summed E-state index contributed by atoms with van der Waals surface area (Å²) in [5.41, 5.74) is 1.18. The normalized spacial score (nSPS) is 11.9. The minimum Gasteiger partial charge on any atom is -0.338 e. The molecule has 0 aliphatic heterocycles. The van der Waals surface area contributed by atoms with E-state index in [1.54, 1.807) is 19.1 Å². The van der Waals surface area contributed by atoms with Gasteiger partial charge in [-0.05, 0) is 24.6 Å². The second kappa shape index (κ2) is 6.58. The second-order valence-corrected chi connectivity index (χ2v) is 5.30. The minimum absolute atomic E-state index is 0.156. The number of hydrogen-bond acceptors (Lipinski definition) is 4. The Balaban J connectivity index is 1.94. The molecule has 2 aromatic heterocycles. The average Bonchev–Trinajstić information content (AvgIpc) is 3.00. The Hall–Kier alpha value is -2.73. The number of pyridine rings is 1. The van der Waals surface area contributed by atoms with E-state index in [0.717, 1.165) is 5.56 Å². The van der Waals surface area contributed by atoms with E-state index in [2.05, 4.69) is 25.5 Å². The van der Waals surface area contributed by atoms with Gasteiger partial charge in [0.05, 0.1) is 5.56 Å². The van der Waals surface area contributed by atoms with E-state index < -0.39 is 6.04 Å². The number of nitrogens with zero attached hydrogens (tertiary/aromatic N) is 3. The first-order valence-electron chi connectivity index (χ1n) is 7.00. The largest absolute Gasteiger partial charge is 0.338 e. The Morgan fingerprint density at radius 3 is 2.65 bits per heavy atom. The van der Waals surface area contributed by atoms with Gasteiger partial charge < -0.3 is 5.32 Å². The molecule has 2 heterocycles. The van der Waals surface area contributed by atoms with Crippen molar-refractivity contribution in [2.75, 3.05) is 0 Å². The van der Waals surface area contributed by atoms with Crippen molar-refractivity contribution in [2.45, 2.75) is 13.0 Å². The summed E-state index contributed by atoms with van der Waals surface area (Å²) in [5.74, 6) is 0.830. The summed E-state index contributed by atoms with van der Waals surface area (Å²) in [4.78, 5) is 20.8. The van der Waals surface area contributed by atoms with Gasteiger partial charge in [-0.1, -0.05) is 41.9 Å². The van der Waals surface area contributed by atoms with Crippen LogP contribution < -0.4 is 5.32 Å². The van der Waals surface area contributed by atoms with Crippen molar-refractivity contribution in [1.29, 1.82) is 0 Å². The Labute approximate surface area is 137 Å². The SMILES string of the molecule is Cc1nc([C@@H](NC(=O)c2cccnc2Cl)c2ccccc2)n[nH]1. The summed E-state index contributed by atoms with van der Waals surface area (Å²) in [6.45, 7) is 1.80. The molecule has 0 aliphatic carbocycles. The van der Waals surface area contributed by atoms with E-state index in [0.29, 0.717) is 17.2 Å². The number of amides is 1. The molecule has 3 aromatic rings. The third kappa shape index (κ3) is 3.37. The number of aryl methyl sites for hydroxylation is 1. The van der Waals surface area contributed by atoms with Crippen LogP contribution in [0.5, 0.6) is 0 Å². The Bertz CT molecular complexity index is 818. The van der Waals surface area contributed by atoms with Gasteiger partial charge in [-0.3, -0.25) is 9.89 Å². The molecule has 3 rings (SSSR count). The van der Waals surface area contributed by atoms with Crippen molar-refractivity contribution in [2.24, 2.45) is 0 Å². The Kier molecular flexibility index (Phi) is 4.34. The minimum atomic E-state index is -0.482. The van der Waals surface area contributed by atoms with Crippen LogP contribution in [0.1, 0.15) is 33.6 Å². The highest BCUT2D eigenvalue weighted by molar-refractivity contribution is 6.32. The monoisotopic (exact) mass is 327 g/mol. The van der Waals surface area contributed by atoms with Crippen molar-refractivity contribution in [3.05, 3.63) is 76.6 Å². The number of hydrogen-bond donors (Lipinski definition) is 2. The van der Waals surface area contributed by atoms with Crippen LogP contribution in [0.3, 0.4) is 0 Å². The zero-order chi connectivity index (χ0) is 16.2. The maximum Gasteiger partial charge on any atom is 0.255 e. The molecular weight excluding hydrogens is 314 g/mol. The fraction of sp³-hybridized carbons (Fsp3) is 0.125. The molecule has 0 unspecified atom stereocenters. The first-order valence-corrected chi connectivity index (χ1v) is 7.38. The summed E-state index contributed by atoms with van der Waals surface area (Å²) >= 11 is 5.99. The molecule has 0 saturated carbocycles. The summed E-state index contributed by atoms with van der Waals surface area (Å²) in [6, 6.07) is 12.3. The van der Waals surface area contributed by atoms with Crippen LogP contribution in [-0.4, -0.2) is 26.1 Å². The molecule has 0 saturated heterocycles. The number of aromatic nitrogens is 4. The van der Waals surface area contributed by atoms with E-state index in [1.807, 2.05) is 30.3 Å². The molecule has 2 N–H and O–H groups in total. The van der Waals surface area contributed by atoms with Gasteiger partial charge in [0.15, 0.2) is 5.82 Å². The van der Waals surface area contributed by atoms with Crippen molar-refractivity contribution < 1.29 is 4.79 Å². The van der Waals surface area contributed by atoms with Gasteiger partial charge in [-0.2, -0.15) is 5.10 Å². The molecule has 0 fully saturated rings. The average molecular weight is 328 g/mol. The van der Waals surface area contributed by atoms with Crippen molar-refractivity contribution >= 4 is 17.5 Å². The topological polar surface area (TPSA) is 83.6 Å². The number of nitrogens with one attached hydrogen (secondary N) is 2. The molecule has 0 aliphatic rings. The number of halogens is 1. The summed E-state index contributed by atoms with van der Waals surface area (Å²) in [5, 5.41) is 10.0. The molecule has 1 atom stereocenters. The van der Waals surface area contributed by atoms with Gasteiger partial charge in [0.25, 0.3) is 5.91 Å².